The van der Waals surface area contributed by atoms with Crippen molar-refractivity contribution in [3.05, 3.63) is 11.6 Å². The van der Waals surface area contributed by atoms with Crippen LogP contribution in [0.5, 0.6) is 0 Å². The molecule has 3 saturated heterocycles. The minimum atomic E-state index is -2.11. The molecule has 3 heterocycles. The Morgan fingerprint density at radius 2 is 1.23 bits per heavy atom. The van der Waals surface area contributed by atoms with E-state index in [-0.39, 0.29) is 24.5 Å². The van der Waals surface area contributed by atoms with E-state index in [2.05, 4.69) is 27.7 Å². The summed E-state index contributed by atoms with van der Waals surface area (Å²) in [5, 5.41) is 128. The molecule has 4 saturated carbocycles. The summed E-state index contributed by atoms with van der Waals surface area (Å²) in [6.07, 6.45) is -23.1. The van der Waals surface area contributed by atoms with E-state index in [1.165, 1.54) is 0 Å². The van der Waals surface area contributed by atoms with Gasteiger partial charge >= 0.3 is 17.9 Å². The second kappa shape index (κ2) is 17.7. The van der Waals surface area contributed by atoms with E-state index >= 15 is 4.79 Å². The molecule has 0 spiro atoms. The Morgan fingerprint density at radius 3 is 1.83 bits per heavy atom. The molecular formula is C48H72O21. The van der Waals surface area contributed by atoms with Crippen molar-refractivity contribution >= 4 is 23.7 Å². The zero-order valence-corrected chi connectivity index (χ0v) is 40.0. The van der Waals surface area contributed by atoms with Gasteiger partial charge in [-0.15, -0.1) is 0 Å². The van der Waals surface area contributed by atoms with Crippen LogP contribution < -0.4 is 0 Å². The largest absolute Gasteiger partial charge is 0.481 e. The summed E-state index contributed by atoms with van der Waals surface area (Å²) in [4.78, 5) is 53.0. The quantitative estimate of drug-likeness (QED) is 0.127. The molecule has 1 unspecified atom stereocenters. The molecule has 25 atom stereocenters. The molecule has 0 aromatic heterocycles. The SMILES string of the molecule is CC1(C)[C@@H](O[C@H]2O[C@H](C(=O)O)[C@@H](O)[C@H](O)[C@H]2O[C@@H]2O[C@H](C(=O)O)[C@@H](O)[C@H](O)[C@H]2O)CC[C@]2(C)[C@H]3C(=O)C=C4[C@@H]5C([C@H]6O[C@H](CO)[C@@H](O)[C@H](O)[C@H]6O)[C@@](C)(C(=O)O)CC[C@]5(C)CC[C@@]4(C)[C@]3(C)CC[C@@H]12. The van der Waals surface area contributed by atoms with Crippen LogP contribution in [0.4, 0.5) is 0 Å². The lowest BCUT2D eigenvalue weighted by Gasteiger charge is -2.71. The van der Waals surface area contributed by atoms with Crippen molar-refractivity contribution in [2.75, 3.05) is 6.61 Å². The van der Waals surface area contributed by atoms with Gasteiger partial charge in [0.05, 0.1) is 24.2 Å². The first kappa shape index (κ1) is 52.6. The van der Waals surface area contributed by atoms with Gasteiger partial charge in [0.25, 0.3) is 0 Å². The van der Waals surface area contributed by atoms with E-state index in [0.717, 1.165) is 5.57 Å². The van der Waals surface area contributed by atoms with Gasteiger partial charge in [0, 0.05) is 11.8 Å². The molecule has 0 aromatic rings. The molecule has 0 aromatic carbocycles. The Balaban J connectivity index is 1.12. The second-order valence-corrected chi connectivity index (χ2v) is 23.5. The lowest BCUT2D eigenvalue weighted by atomic mass is 9.32. The number of aliphatic carboxylic acids is 3. The molecular weight excluding hydrogens is 913 g/mol. The number of carbonyl (C=O) groups excluding carboxylic acids is 1. The molecule has 390 valence electrons. The molecule has 12 N–H and O–H groups in total. The highest BCUT2D eigenvalue weighted by molar-refractivity contribution is 5.96. The highest BCUT2D eigenvalue weighted by atomic mass is 16.8. The molecule has 69 heavy (non-hydrogen) atoms. The van der Waals surface area contributed by atoms with Crippen molar-refractivity contribution < 1.29 is 104 Å². The number of allylic oxidation sites excluding steroid dienone is 2. The molecule has 21 heteroatoms. The third-order valence-electron chi connectivity index (χ3n) is 19.8. The number of rotatable bonds is 9. The van der Waals surface area contributed by atoms with Crippen LogP contribution in [0.3, 0.4) is 0 Å². The molecule has 5 aliphatic carbocycles. The standard InChI is InChI=1S/C48H72O21/c1-43(2)21-8-11-48(7)37(19(50)16-18-23-24(33-28(54)26(52)25(51)20(17-49)65-33)46(5,42(63)64)14-12-44(23,3)13-15-47(18,48)6)45(21,4)10-9-22(43)66-41-36(31(57)30(56)35(68-41)39(61)62)69-40-32(58)27(53)29(55)34(67-40)38(59)60/h16,20-37,40-41,49,51-58H,8-15,17H2,1-7H3,(H,59,60)(H,61,62)(H,63,64)/t20-,21+,22+,23-,24?,25-,26+,27+,28-,29+,30+,31+,32-,33-,34+,35+,36-,37-,40+,41+,44-,45+,46+,47-,48-/m1/s1. The number of carbonyl (C=O) groups is 4. The van der Waals surface area contributed by atoms with Crippen LogP contribution in [0.25, 0.3) is 0 Å². The summed E-state index contributed by atoms with van der Waals surface area (Å²) in [5.41, 5.74) is -4.21. The van der Waals surface area contributed by atoms with Gasteiger partial charge < -0.3 is 85.0 Å². The van der Waals surface area contributed by atoms with E-state index in [0.29, 0.717) is 38.5 Å². The predicted molar refractivity (Wildman–Crippen MR) is 232 cm³/mol. The van der Waals surface area contributed by atoms with Gasteiger partial charge in [-0.25, -0.2) is 9.59 Å². The first-order valence-corrected chi connectivity index (χ1v) is 24.2. The average molecular weight is 985 g/mol. The number of ketones is 1. The minimum absolute atomic E-state index is 0.143. The lowest BCUT2D eigenvalue weighted by Crippen LogP contribution is -2.70. The summed E-state index contributed by atoms with van der Waals surface area (Å²) in [6.45, 7) is 13.3. The first-order chi connectivity index (χ1) is 32.0. The van der Waals surface area contributed by atoms with Crippen molar-refractivity contribution in [1.82, 2.24) is 0 Å². The zero-order valence-electron chi connectivity index (χ0n) is 40.0. The normalized spacial score (nSPS) is 53.9. The Hall–Kier alpha value is -2.74. The number of aliphatic hydroxyl groups excluding tert-OH is 9. The molecule has 0 bridgehead atoms. The van der Waals surface area contributed by atoms with Crippen LogP contribution in [-0.2, 0) is 42.9 Å². The minimum Gasteiger partial charge on any atom is -0.481 e. The smallest absolute Gasteiger partial charge is 0.335 e. The Bertz CT molecular complexity index is 2060. The van der Waals surface area contributed by atoms with Crippen LogP contribution in [-0.4, -0.2) is 190 Å². The van der Waals surface area contributed by atoms with Gasteiger partial charge in [-0.3, -0.25) is 9.59 Å². The third kappa shape index (κ3) is 7.69. The highest BCUT2D eigenvalue weighted by Gasteiger charge is 2.73. The Labute approximate surface area is 399 Å². The fourth-order valence-corrected chi connectivity index (χ4v) is 15.6. The number of hydrogen-bond donors (Lipinski definition) is 12. The summed E-state index contributed by atoms with van der Waals surface area (Å²) in [6, 6.07) is 0. The zero-order chi connectivity index (χ0) is 51.0. The van der Waals surface area contributed by atoms with E-state index in [9.17, 15) is 75.7 Å². The monoisotopic (exact) mass is 984 g/mol. The van der Waals surface area contributed by atoms with E-state index in [1.54, 1.807) is 13.0 Å². The van der Waals surface area contributed by atoms with Crippen molar-refractivity contribution in [2.45, 2.75) is 198 Å². The Kier molecular flexibility index (Phi) is 13.5. The van der Waals surface area contributed by atoms with E-state index in [1.807, 2.05) is 13.8 Å². The van der Waals surface area contributed by atoms with Crippen LogP contribution in [0.15, 0.2) is 11.6 Å². The fraction of sp³-hybridized carbons (Fsp3) is 0.875. The maximum absolute atomic E-state index is 15.4. The molecule has 0 amide bonds. The van der Waals surface area contributed by atoms with Gasteiger partial charge in [0.15, 0.2) is 30.6 Å². The fourth-order valence-electron chi connectivity index (χ4n) is 15.6. The van der Waals surface area contributed by atoms with Crippen LogP contribution in [0, 0.1) is 56.2 Å². The molecule has 7 fully saturated rings. The van der Waals surface area contributed by atoms with Gasteiger partial charge in [-0.2, -0.15) is 0 Å². The second-order valence-electron chi connectivity index (χ2n) is 23.5. The molecule has 8 aliphatic rings. The first-order valence-electron chi connectivity index (χ1n) is 24.2. The number of carboxylic acid groups (broad SMARTS) is 3. The lowest BCUT2D eigenvalue weighted by molar-refractivity contribution is -0.371. The van der Waals surface area contributed by atoms with Crippen molar-refractivity contribution in [3.8, 4) is 0 Å². The highest BCUT2D eigenvalue weighted by Crippen LogP contribution is 2.76. The van der Waals surface area contributed by atoms with Gasteiger partial charge in [0.1, 0.15) is 61.0 Å². The number of fused-ring (bicyclic) bond motifs is 7. The summed E-state index contributed by atoms with van der Waals surface area (Å²) in [5.74, 6) is -7.05. The topological polar surface area (TPSA) is 357 Å². The maximum atomic E-state index is 15.4. The van der Waals surface area contributed by atoms with Crippen molar-refractivity contribution in [3.63, 3.8) is 0 Å². The average Bonchev–Trinajstić information content (AvgIpc) is 3.27. The number of carboxylic acids is 3. The number of hydrogen-bond acceptors (Lipinski definition) is 18. The van der Waals surface area contributed by atoms with E-state index in [4.69, 9.17) is 23.7 Å². The predicted octanol–water partition coefficient (Wildman–Crippen LogP) is -0.686. The van der Waals surface area contributed by atoms with Crippen LogP contribution in [0.1, 0.15) is 99.8 Å². The van der Waals surface area contributed by atoms with Crippen molar-refractivity contribution in [2.24, 2.45) is 56.2 Å². The maximum Gasteiger partial charge on any atom is 0.335 e. The van der Waals surface area contributed by atoms with Crippen LogP contribution >= 0.6 is 0 Å². The van der Waals surface area contributed by atoms with Gasteiger partial charge in [0.2, 0.25) is 0 Å². The molecule has 3 aliphatic heterocycles. The number of aliphatic hydroxyl groups is 9. The third-order valence-corrected chi connectivity index (χ3v) is 19.8. The van der Waals surface area contributed by atoms with E-state index < -0.39 is 173 Å². The summed E-state index contributed by atoms with van der Waals surface area (Å²) < 4.78 is 29.7. The molecule has 8 rings (SSSR count). The van der Waals surface area contributed by atoms with Crippen molar-refractivity contribution in [1.29, 1.82) is 0 Å². The van der Waals surface area contributed by atoms with Crippen LogP contribution in [0.2, 0.25) is 0 Å². The van der Waals surface area contributed by atoms with Gasteiger partial charge in [-0.1, -0.05) is 47.1 Å². The molecule has 21 nitrogen and oxygen atoms in total. The number of ether oxygens (including phenoxy) is 5. The Morgan fingerprint density at radius 1 is 0.652 bits per heavy atom. The molecule has 0 radical (unpaired) electrons. The summed E-state index contributed by atoms with van der Waals surface area (Å²) >= 11 is 0. The van der Waals surface area contributed by atoms with Gasteiger partial charge in [-0.05, 0) is 103 Å². The summed E-state index contributed by atoms with van der Waals surface area (Å²) in [7, 11) is 0.